The van der Waals surface area contributed by atoms with E-state index in [0.717, 1.165) is 6.42 Å². The van der Waals surface area contributed by atoms with Crippen LogP contribution in [0.1, 0.15) is 47.0 Å². The van der Waals surface area contributed by atoms with Crippen LogP contribution in [0.2, 0.25) is 0 Å². The van der Waals surface area contributed by atoms with Crippen LogP contribution in [0.25, 0.3) is 0 Å². The number of amides is 1. The van der Waals surface area contributed by atoms with Crippen LogP contribution in [0.15, 0.2) is 0 Å². The zero-order valence-corrected chi connectivity index (χ0v) is 9.55. The Bertz CT molecular complexity index is 226. The van der Waals surface area contributed by atoms with E-state index in [0.29, 0.717) is 12.8 Å². The highest BCUT2D eigenvalue weighted by Crippen LogP contribution is 2.15. The smallest absolute Gasteiger partial charge is 0.224 e. The molecule has 1 N–H and O–H groups in total. The summed E-state index contributed by atoms with van der Waals surface area (Å²) in [6.45, 7) is 7.69. The summed E-state index contributed by atoms with van der Waals surface area (Å²) in [5.41, 5.74) is -0.666. The molecule has 0 aliphatic carbocycles. The third-order valence-corrected chi connectivity index (χ3v) is 2.84. The number of nitrogens with zero attached hydrogens (tertiary/aromatic N) is 1. The minimum absolute atomic E-state index is 0.0131. The Labute approximate surface area is 86.5 Å². The lowest BCUT2D eigenvalue weighted by atomic mass is 9.93. The van der Waals surface area contributed by atoms with Crippen molar-refractivity contribution in [2.75, 3.05) is 0 Å². The Morgan fingerprint density at radius 1 is 1.43 bits per heavy atom. The first-order chi connectivity index (χ1) is 6.55. The van der Waals surface area contributed by atoms with Crippen LogP contribution in [0.3, 0.4) is 0 Å². The largest absolute Gasteiger partial charge is 0.338 e. The van der Waals surface area contributed by atoms with Gasteiger partial charge in [-0.05, 0) is 19.3 Å². The summed E-state index contributed by atoms with van der Waals surface area (Å²) in [5.74, 6) is -0.0291. The molecule has 1 unspecified atom stereocenters. The highest BCUT2D eigenvalue weighted by atomic mass is 16.2. The Kier molecular flexibility index (Phi) is 5.22. The van der Waals surface area contributed by atoms with E-state index in [-0.39, 0.29) is 11.8 Å². The molecule has 14 heavy (non-hydrogen) atoms. The molecule has 0 aromatic heterocycles. The zero-order valence-electron chi connectivity index (χ0n) is 9.55. The van der Waals surface area contributed by atoms with Gasteiger partial charge in [0.05, 0.1) is 6.07 Å². The number of hydrogen-bond donors (Lipinski definition) is 1. The predicted octanol–water partition coefficient (Wildman–Crippen LogP) is 2.23. The van der Waals surface area contributed by atoms with Crippen molar-refractivity contribution in [1.82, 2.24) is 5.32 Å². The number of nitriles is 1. The maximum absolute atomic E-state index is 11.6. The summed E-state index contributed by atoms with van der Waals surface area (Å²) < 4.78 is 0. The fraction of sp³-hybridized carbons (Fsp3) is 0.818. The number of carbonyl (C=O) groups excluding carboxylic acids is 1. The third kappa shape index (κ3) is 3.02. The zero-order chi connectivity index (χ0) is 11.2. The van der Waals surface area contributed by atoms with Crippen LogP contribution in [0, 0.1) is 17.2 Å². The summed E-state index contributed by atoms with van der Waals surface area (Å²) in [7, 11) is 0. The van der Waals surface area contributed by atoms with Gasteiger partial charge in [-0.15, -0.1) is 0 Å². The van der Waals surface area contributed by atoms with Crippen molar-refractivity contribution in [3.8, 4) is 6.07 Å². The molecule has 0 aliphatic rings. The van der Waals surface area contributed by atoms with Gasteiger partial charge in [0.15, 0.2) is 0 Å². The molecule has 0 heterocycles. The molecule has 0 saturated carbocycles. The first-order valence-corrected chi connectivity index (χ1v) is 5.28. The van der Waals surface area contributed by atoms with E-state index < -0.39 is 5.54 Å². The van der Waals surface area contributed by atoms with Crippen molar-refractivity contribution in [2.45, 2.75) is 52.5 Å². The monoisotopic (exact) mass is 196 g/mol. The van der Waals surface area contributed by atoms with Crippen molar-refractivity contribution < 1.29 is 4.79 Å². The molecule has 0 aliphatic heterocycles. The van der Waals surface area contributed by atoms with E-state index in [9.17, 15) is 4.79 Å². The molecular weight excluding hydrogens is 176 g/mol. The van der Waals surface area contributed by atoms with Gasteiger partial charge in [0.1, 0.15) is 5.54 Å². The maximum Gasteiger partial charge on any atom is 0.224 e. The molecule has 1 amide bonds. The van der Waals surface area contributed by atoms with Gasteiger partial charge < -0.3 is 5.32 Å². The normalized spacial score (nSPS) is 13.1. The van der Waals surface area contributed by atoms with Gasteiger partial charge in [-0.25, -0.2) is 0 Å². The SMILES string of the molecule is CCC(C)C(=O)NC(C#N)(CC)CC. The molecule has 0 rings (SSSR count). The van der Waals surface area contributed by atoms with E-state index in [2.05, 4.69) is 11.4 Å². The minimum atomic E-state index is -0.666. The molecule has 80 valence electrons. The Morgan fingerprint density at radius 3 is 2.21 bits per heavy atom. The van der Waals surface area contributed by atoms with Gasteiger partial charge in [0.25, 0.3) is 0 Å². The quantitative estimate of drug-likeness (QED) is 0.733. The fourth-order valence-electron chi connectivity index (χ4n) is 1.16. The molecule has 0 aromatic rings. The minimum Gasteiger partial charge on any atom is -0.338 e. The van der Waals surface area contributed by atoms with Crippen LogP contribution in [0.5, 0.6) is 0 Å². The van der Waals surface area contributed by atoms with Crippen LogP contribution < -0.4 is 5.32 Å². The number of rotatable bonds is 5. The van der Waals surface area contributed by atoms with E-state index in [1.807, 2.05) is 27.7 Å². The predicted molar refractivity (Wildman–Crippen MR) is 56.5 cm³/mol. The first kappa shape index (κ1) is 13.0. The second-order valence-corrected chi connectivity index (χ2v) is 3.70. The van der Waals surface area contributed by atoms with Gasteiger partial charge >= 0.3 is 0 Å². The van der Waals surface area contributed by atoms with Gasteiger partial charge in [0, 0.05) is 5.92 Å². The number of carbonyl (C=O) groups is 1. The molecule has 0 radical (unpaired) electrons. The summed E-state index contributed by atoms with van der Waals surface area (Å²) in [4.78, 5) is 11.6. The molecule has 0 bridgehead atoms. The summed E-state index contributed by atoms with van der Waals surface area (Å²) in [6.07, 6.45) is 2.12. The van der Waals surface area contributed by atoms with Gasteiger partial charge in [-0.3, -0.25) is 4.79 Å². The molecule has 3 heteroatoms. The van der Waals surface area contributed by atoms with Crippen molar-refractivity contribution in [3.05, 3.63) is 0 Å². The standard InChI is InChI=1S/C11H20N2O/c1-5-9(4)10(14)13-11(6-2,7-3)8-12/h9H,5-7H2,1-4H3,(H,13,14). The van der Waals surface area contributed by atoms with E-state index >= 15 is 0 Å². The highest BCUT2D eigenvalue weighted by molar-refractivity contribution is 5.79. The van der Waals surface area contributed by atoms with Crippen LogP contribution in [-0.4, -0.2) is 11.4 Å². The second kappa shape index (κ2) is 5.64. The third-order valence-electron chi connectivity index (χ3n) is 2.84. The Hall–Kier alpha value is -1.04. The average molecular weight is 196 g/mol. The molecule has 1 atom stereocenters. The van der Waals surface area contributed by atoms with E-state index in [1.54, 1.807) is 0 Å². The maximum atomic E-state index is 11.6. The average Bonchev–Trinajstić information content (AvgIpc) is 2.24. The van der Waals surface area contributed by atoms with Crippen LogP contribution in [0.4, 0.5) is 0 Å². The van der Waals surface area contributed by atoms with Crippen molar-refractivity contribution >= 4 is 5.91 Å². The van der Waals surface area contributed by atoms with Gasteiger partial charge in [0.2, 0.25) is 5.91 Å². The fourth-order valence-corrected chi connectivity index (χ4v) is 1.16. The summed E-state index contributed by atoms with van der Waals surface area (Å²) >= 11 is 0. The lowest BCUT2D eigenvalue weighted by Crippen LogP contribution is -2.48. The number of hydrogen-bond acceptors (Lipinski definition) is 2. The Morgan fingerprint density at radius 2 is 1.93 bits per heavy atom. The summed E-state index contributed by atoms with van der Waals surface area (Å²) in [6, 6.07) is 2.19. The molecule has 0 spiro atoms. The second-order valence-electron chi connectivity index (χ2n) is 3.70. The van der Waals surface area contributed by atoms with Gasteiger partial charge in [-0.2, -0.15) is 5.26 Å². The lowest BCUT2D eigenvalue weighted by Gasteiger charge is -2.26. The first-order valence-electron chi connectivity index (χ1n) is 5.28. The topological polar surface area (TPSA) is 52.9 Å². The van der Waals surface area contributed by atoms with Crippen molar-refractivity contribution in [1.29, 1.82) is 5.26 Å². The van der Waals surface area contributed by atoms with Crippen LogP contribution in [-0.2, 0) is 4.79 Å². The molecule has 0 fully saturated rings. The van der Waals surface area contributed by atoms with Crippen LogP contribution >= 0.6 is 0 Å². The molecule has 0 saturated heterocycles. The molecular formula is C11H20N2O. The van der Waals surface area contributed by atoms with E-state index in [1.165, 1.54) is 0 Å². The molecule has 0 aromatic carbocycles. The molecule has 3 nitrogen and oxygen atoms in total. The highest BCUT2D eigenvalue weighted by Gasteiger charge is 2.28. The lowest BCUT2D eigenvalue weighted by molar-refractivity contribution is -0.126. The van der Waals surface area contributed by atoms with Crippen molar-refractivity contribution in [2.24, 2.45) is 5.92 Å². The summed E-state index contributed by atoms with van der Waals surface area (Å²) in [5, 5.41) is 11.8. The van der Waals surface area contributed by atoms with Gasteiger partial charge in [-0.1, -0.05) is 27.7 Å². The Balaban J connectivity index is 4.47. The van der Waals surface area contributed by atoms with Crippen molar-refractivity contribution in [3.63, 3.8) is 0 Å². The van der Waals surface area contributed by atoms with E-state index in [4.69, 9.17) is 5.26 Å². The number of nitrogens with one attached hydrogen (secondary N) is 1.